The molecule has 26 heavy (non-hydrogen) atoms. The number of amides is 1. The van der Waals surface area contributed by atoms with Crippen LogP contribution in [0.25, 0.3) is 0 Å². The number of nitrogens with one attached hydrogen (secondary N) is 1. The molecule has 1 saturated carbocycles. The molecule has 0 bridgehead atoms. The van der Waals surface area contributed by atoms with E-state index in [0.29, 0.717) is 35.3 Å². The first-order valence-electron chi connectivity index (χ1n) is 9.07. The zero-order valence-electron chi connectivity index (χ0n) is 14.8. The van der Waals surface area contributed by atoms with Crippen molar-refractivity contribution in [3.8, 4) is 0 Å². The van der Waals surface area contributed by atoms with Crippen molar-refractivity contribution >= 4 is 33.7 Å². The molecule has 140 valence electrons. The molecule has 0 saturated heterocycles. The van der Waals surface area contributed by atoms with Crippen LogP contribution in [0.4, 0.5) is 5.69 Å². The maximum Gasteiger partial charge on any atom is 0.275 e. The number of benzene rings is 1. The van der Waals surface area contributed by atoms with Crippen molar-refractivity contribution in [2.45, 2.75) is 49.5 Å². The molecule has 1 heterocycles. The summed E-state index contributed by atoms with van der Waals surface area (Å²) in [7, 11) is -0.849. The van der Waals surface area contributed by atoms with Crippen molar-refractivity contribution in [3.05, 3.63) is 45.9 Å². The maximum atomic E-state index is 12.6. The van der Waals surface area contributed by atoms with Crippen molar-refractivity contribution in [1.29, 1.82) is 0 Å². The topological polar surface area (TPSA) is 85.1 Å². The van der Waals surface area contributed by atoms with E-state index in [4.69, 9.17) is 5.73 Å². The lowest BCUT2D eigenvalue weighted by Crippen LogP contribution is -2.20. The van der Waals surface area contributed by atoms with E-state index in [2.05, 4.69) is 10.3 Å². The minimum absolute atomic E-state index is 0.227. The van der Waals surface area contributed by atoms with Gasteiger partial charge in [-0.05, 0) is 37.1 Å². The Balaban J connectivity index is 1.61. The third kappa shape index (κ3) is 5.22. The fourth-order valence-corrected chi connectivity index (χ4v) is 5.59. The van der Waals surface area contributed by atoms with Crippen LogP contribution in [0.1, 0.15) is 53.2 Å². The first-order chi connectivity index (χ1) is 12.7. The maximum absolute atomic E-state index is 12.6. The first kappa shape index (κ1) is 19.2. The Morgan fingerprint density at radius 2 is 2.12 bits per heavy atom. The van der Waals surface area contributed by atoms with Gasteiger partial charge in [0.25, 0.3) is 5.91 Å². The standard InChI is InChI=1S/C19H25N3O2S2/c20-10-9-18-22-17(12-25-18)19(23)21-15-6-4-5-14(11-15)13-26(24)16-7-2-1-3-8-16/h4-6,11-12,16H,1-3,7-10,13,20H2,(H,21,23). The fraction of sp³-hybridized carbons (Fsp3) is 0.474. The van der Waals surface area contributed by atoms with E-state index >= 15 is 0 Å². The molecule has 1 aromatic heterocycles. The number of rotatable bonds is 7. The summed E-state index contributed by atoms with van der Waals surface area (Å²) in [5.41, 5.74) is 7.64. The Morgan fingerprint density at radius 1 is 1.31 bits per heavy atom. The van der Waals surface area contributed by atoms with E-state index in [1.54, 1.807) is 5.38 Å². The van der Waals surface area contributed by atoms with E-state index in [0.717, 1.165) is 23.4 Å². The normalized spacial score (nSPS) is 16.3. The molecule has 2 aromatic rings. The highest BCUT2D eigenvalue weighted by Crippen LogP contribution is 2.24. The molecule has 1 aliphatic carbocycles. The molecule has 1 atom stereocenters. The van der Waals surface area contributed by atoms with E-state index in [1.807, 2.05) is 24.3 Å². The molecule has 1 amide bonds. The highest BCUT2D eigenvalue weighted by molar-refractivity contribution is 7.84. The van der Waals surface area contributed by atoms with Crippen LogP contribution in [0.2, 0.25) is 0 Å². The largest absolute Gasteiger partial charge is 0.330 e. The zero-order valence-corrected chi connectivity index (χ0v) is 16.4. The van der Waals surface area contributed by atoms with Crippen LogP contribution >= 0.6 is 11.3 Å². The summed E-state index contributed by atoms with van der Waals surface area (Å²) in [5.74, 6) is 0.321. The third-order valence-corrected chi connectivity index (χ3v) is 7.30. The lowest BCUT2D eigenvalue weighted by atomic mass is 10.0. The number of hydrogen-bond acceptors (Lipinski definition) is 5. The minimum atomic E-state index is -0.849. The Morgan fingerprint density at radius 3 is 2.88 bits per heavy atom. The first-order valence-corrected chi connectivity index (χ1v) is 11.3. The molecule has 3 rings (SSSR count). The van der Waals surface area contributed by atoms with Gasteiger partial charge in [-0.2, -0.15) is 0 Å². The summed E-state index contributed by atoms with van der Waals surface area (Å²) >= 11 is 1.45. The second kappa shape index (κ2) is 9.39. The molecular formula is C19H25N3O2S2. The Bertz CT molecular complexity index is 770. The van der Waals surface area contributed by atoms with Gasteiger partial charge in [0.05, 0.1) is 5.01 Å². The molecule has 1 aliphatic rings. The van der Waals surface area contributed by atoms with Gasteiger partial charge in [0, 0.05) is 39.3 Å². The molecule has 1 unspecified atom stereocenters. The number of nitrogens with zero attached hydrogens (tertiary/aromatic N) is 1. The van der Waals surface area contributed by atoms with Crippen molar-refractivity contribution in [3.63, 3.8) is 0 Å². The van der Waals surface area contributed by atoms with Crippen LogP contribution in [0.15, 0.2) is 29.6 Å². The number of thiazole rings is 1. The van der Waals surface area contributed by atoms with Gasteiger partial charge in [0.15, 0.2) is 0 Å². The molecule has 0 spiro atoms. The lowest BCUT2D eigenvalue weighted by molar-refractivity contribution is 0.102. The Labute approximate surface area is 160 Å². The zero-order chi connectivity index (χ0) is 18.4. The van der Waals surface area contributed by atoms with Gasteiger partial charge in [0.2, 0.25) is 0 Å². The van der Waals surface area contributed by atoms with Gasteiger partial charge in [-0.1, -0.05) is 31.4 Å². The summed E-state index contributed by atoms with van der Waals surface area (Å²) in [4.78, 5) is 16.7. The van der Waals surface area contributed by atoms with Crippen molar-refractivity contribution in [2.75, 3.05) is 11.9 Å². The summed E-state index contributed by atoms with van der Waals surface area (Å²) in [6.45, 7) is 0.523. The average molecular weight is 392 g/mol. The molecule has 5 nitrogen and oxygen atoms in total. The van der Waals surface area contributed by atoms with Crippen LogP contribution in [-0.4, -0.2) is 26.9 Å². The Kier molecular flexibility index (Phi) is 6.93. The van der Waals surface area contributed by atoms with E-state index < -0.39 is 10.8 Å². The summed E-state index contributed by atoms with van der Waals surface area (Å²) in [6, 6.07) is 7.62. The van der Waals surface area contributed by atoms with Crippen LogP contribution in [0.3, 0.4) is 0 Å². The molecule has 1 fully saturated rings. The number of carbonyl (C=O) groups excluding carboxylic acids is 1. The molecule has 1 aromatic carbocycles. The predicted octanol–water partition coefficient (Wildman–Crippen LogP) is 3.48. The van der Waals surface area contributed by atoms with E-state index in [1.165, 1.54) is 30.6 Å². The van der Waals surface area contributed by atoms with Crippen LogP contribution in [0.5, 0.6) is 0 Å². The Hall–Kier alpha value is -1.57. The summed E-state index contributed by atoms with van der Waals surface area (Å²) in [5, 5.41) is 5.82. The molecule has 0 radical (unpaired) electrons. The molecule has 3 N–H and O–H groups in total. The average Bonchev–Trinajstić information content (AvgIpc) is 3.12. The van der Waals surface area contributed by atoms with Crippen LogP contribution in [-0.2, 0) is 23.0 Å². The summed E-state index contributed by atoms with van der Waals surface area (Å²) < 4.78 is 12.6. The number of nitrogens with two attached hydrogens (primary N) is 1. The van der Waals surface area contributed by atoms with Gasteiger partial charge in [0.1, 0.15) is 5.69 Å². The number of aromatic nitrogens is 1. The van der Waals surface area contributed by atoms with Crippen LogP contribution in [0, 0.1) is 0 Å². The fourth-order valence-electron chi connectivity index (χ4n) is 3.20. The second-order valence-electron chi connectivity index (χ2n) is 6.60. The number of anilines is 1. The lowest BCUT2D eigenvalue weighted by Gasteiger charge is -2.21. The van der Waals surface area contributed by atoms with Crippen molar-refractivity contribution in [2.24, 2.45) is 5.73 Å². The van der Waals surface area contributed by atoms with Gasteiger partial charge >= 0.3 is 0 Å². The summed E-state index contributed by atoms with van der Waals surface area (Å²) in [6.07, 6.45) is 6.45. The minimum Gasteiger partial charge on any atom is -0.330 e. The van der Waals surface area contributed by atoms with Crippen molar-refractivity contribution < 1.29 is 9.00 Å². The third-order valence-electron chi connectivity index (χ3n) is 4.56. The predicted molar refractivity (Wildman–Crippen MR) is 108 cm³/mol. The van der Waals surface area contributed by atoms with Gasteiger partial charge in [-0.15, -0.1) is 11.3 Å². The quantitative estimate of drug-likeness (QED) is 0.757. The molecule has 7 heteroatoms. The van der Waals surface area contributed by atoms with Gasteiger partial charge in [-0.3, -0.25) is 9.00 Å². The van der Waals surface area contributed by atoms with Gasteiger partial charge < -0.3 is 11.1 Å². The van der Waals surface area contributed by atoms with Crippen LogP contribution < -0.4 is 11.1 Å². The molecular weight excluding hydrogens is 366 g/mol. The highest BCUT2D eigenvalue weighted by Gasteiger charge is 2.20. The SMILES string of the molecule is NCCc1nc(C(=O)Nc2cccc(CS(=O)C3CCCCC3)c2)cs1. The number of hydrogen-bond donors (Lipinski definition) is 2. The second-order valence-corrected chi connectivity index (χ2v) is 9.26. The highest BCUT2D eigenvalue weighted by atomic mass is 32.2. The van der Waals surface area contributed by atoms with Gasteiger partial charge in [-0.25, -0.2) is 4.98 Å². The van der Waals surface area contributed by atoms with Crippen molar-refractivity contribution in [1.82, 2.24) is 4.98 Å². The molecule has 0 aliphatic heterocycles. The smallest absolute Gasteiger partial charge is 0.275 e. The number of carbonyl (C=O) groups is 1. The van der Waals surface area contributed by atoms with E-state index in [9.17, 15) is 9.00 Å². The van der Waals surface area contributed by atoms with E-state index in [-0.39, 0.29) is 5.91 Å². The monoisotopic (exact) mass is 391 g/mol.